The average molecular weight is 340 g/mol. The van der Waals surface area contributed by atoms with E-state index in [1.54, 1.807) is 29.6 Å². The fourth-order valence-electron chi connectivity index (χ4n) is 2.73. The summed E-state index contributed by atoms with van der Waals surface area (Å²) in [6, 6.07) is 0. The van der Waals surface area contributed by atoms with Crippen LogP contribution in [0.1, 0.15) is 31.0 Å². The van der Waals surface area contributed by atoms with Crippen LogP contribution >= 0.6 is 11.6 Å². The van der Waals surface area contributed by atoms with E-state index in [2.05, 4.69) is 5.10 Å². The van der Waals surface area contributed by atoms with Crippen LogP contribution in [0.5, 0.6) is 0 Å². The minimum Gasteiger partial charge on any atom is -0.466 e. The number of hydrogen-bond acceptors (Lipinski definition) is 4. The van der Waals surface area contributed by atoms with Crippen LogP contribution in [-0.2, 0) is 21.4 Å². The van der Waals surface area contributed by atoms with Crippen LogP contribution in [0.4, 0.5) is 0 Å². The molecule has 2 rings (SSSR count). The van der Waals surface area contributed by atoms with E-state index in [1.165, 1.54) is 6.08 Å². The summed E-state index contributed by atoms with van der Waals surface area (Å²) in [6.07, 6.45) is 4.74. The summed E-state index contributed by atoms with van der Waals surface area (Å²) in [5.41, 5.74) is 1.51. The van der Waals surface area contributed by atoms with Gasteiger partial charge in [-0.2, -0.15) is 5.10 Å². The summed E-state index contributed by atoms with van der Waals surface area (Å²) >= 11 is 6.15. The number of nitrogens with zero attached hydrogens (tertiary/aromatic N) is 3. The molecule has 1 saturated heterocycles. The summed E-state index contributed by atoms with van der Waals surface area (Å²) in [6.45, 7) is 5.04. The molecule has 0 aromatic carbocycles. The van der Waals surface area contributed by atoms with Crippen molar-refractivity contribution >= 4 is 29.6 Å². The molecule has 1 aliphatic heterocycles. The average Bonchev–Trinajstić information content (AvgIpc) is 2.78. The van der Waals surface area contributed by atoms with Gasteiger partial charge in [-0.1, -0.05) is 11.6 Å². The van der Waals surface area contributed by atoms with Gasteiger partial charge in [0.2, 0.25) is 5.91 Å². The van der Waals surface area contributed by atoms with E-state index in [0.29, 0.717) is 24.8 Å². The highest BCUT2D eigenvalue weighted by Gasteiger charge is 2.28. The van der Waals surface area contributed by atoms with Gasteiger partial charge in [0, 0.05) is 31.8 Å². The van der Waals surface area contributed by atoms with Gasteiger partial charge in [0.05, 0.1) is 18.2 Å². The molecule has 0 unspecified atom stereocenters. The first-order valence-electron chi connectivity index (χ1n) is 7.76. The van der Waals surface area contributed by atoms with E-state index in [0.717, 1.165) is 24.1 Å². The molecule has 1 aromatic rings. The normalized spacial score (nSPS) is 18.4. The van der Waals surface area contributed by atoms with Crippen LogP contribution < -0.4 is 0 Å². The van der Waals surface area contributed by atoms with Crippen LogP contribution in [0.15, 0.2) is 6.08 Å². The van der Waals surface area contributed by atoms with Gasteiger partial charge in [-0.05, 0) is 32.8 Å². The zero-order valence-electron chi connectivity index (χ0n) is 13.7. The first-order chi connectivity index (χ1) is 10.9. The van der Waals surface area contributed by atoms with E-state index >= 15 is 0 Å². The number of carbonyl (C=O) groups excluding carboxylic acids is 2. The molecule has 23 heavy (non-hydrogen) atoms. The third kappa shape index (κ3) is 4.13. The number of hydrogen-bond donors (Lipinski definition) is 0. The smallest absolute Gasteiger partial charge is 0.310 e. The lowest BCUT2D eigenvalue weighted by Crippen LogP contribution is -2.42. The second kappa shape index (κ2) is 7.64. The maximum atomic E-state index is 12.3. The Kier molecular flexibility index (Phi) is 5.82. The maximum absolute atomic E-state index is 12.3. The zero-order valence-corrected chi connectivity index (χ0v) is 14.5. The highest BCUT2D eigenvalue weighted by molar-refractivity contribution is 6.31. The Balaban J connectivity index is 2.02. The summed E-state index contributed by atoms with van der Waals surface area (Å²) in [4.78, 5) is 25.9. The molecule has 6 nitrogen and oxygen atoms in total. The quantitative estimate of drug-likeness (QED) is 0.623. The molecule has 0 spiro atoms. The van der Waals surface area contributed by atoms with Crippen molar-refractivity contribution in [3.63, 3.8) is 0 Å². The Morgan fingerprint density at radius 3 is 2.83 bits per heavy atom. The fraction of sp³-hybridized carbons (Fsp3) is 0.562. The molecule has 0 aliphatic carbocycles. The predicted octanol–water partition coefficient (Wildman–Crippen LogP) is 2.20. The van der Waals surface area contributed by atoms with Crippen molar-refractivity contribution in [1.82, 2.24) is 14.7 Å². The lowest BCUT2D eigenvalue weighted by Gasteiger charge is -2.30. The molecule has 7 heteroatoms. The van der Waals surface area contributed by atoms with Crippen molar-refractivity contribution in [3.8, 4) is 0 Å². The summed E-state index contributed by atoms with van der Waals surface area (Å²) in [5.74, 6) is -0.580. The lowest BCUT2D eigenvalue weighted by atomic mass is 9.98. The van der Waals surface area contributed by atoms with Crippen molar-refractivity contribution in [1.29, 1.82) is 0 Å². The van der Waals surface area contributed by atoms with Gasteiger partial charge in [-0.3, -0.25) is 14.3 Å². The third-order valence-electron chi connectivity index (χ3n) is 3.94. The van der Waals surface area contributed by atoms with Gasteiger partial charge >= 0.3 is 5.97 Å². The van der Waals surface area contributed by atoms with Gasteiger partial charge in [0.25, 0.3) is 0 Å². The van der Waals surface area contributed by atoms with Gasteiger partial charge in [-0.25, -0.2) is 0 Å². The monoisotopic (exact) mass is 339 g/mol. The van der Waals surface area contributed by atoms with Crippen molar-refractivity contribution in [2.75, 3.05) is 19.7 Å². The molecule has 0 N–H and O–H groups in total. The van der Waals surface area contributed by atoms with Crippen LogP contribution in [0.3, 0.4) is 0 Å². The van der Waals surface area contributed by atoms with E-state index in [1.807, 2.05) is 6.92 Å². The Morgan fingerprint density at radius 1 is 1.48 bits per heavy atom. The van der Waals surface area contributed by atoms with Crippen LogP contribution in [0.2, 0.25) is 5.15 Å². The number of aromatic nitrogens is 2. The van der Waals surface area contributed by atoms with Crippen molar-refractivity contribution in [3.05, 3.63) is 22.5 Å². The van der Waals surface area contributed by atoms with Crippen LogP contribution in [0, 0.1) is 12.8 Å². The molecule has 0 radical (unpaired) electrons. The van der Waals surface area contributed by atoms with Gasteiger partial charge in [-0.15, -0.1) is 0 Å². The van der Waals surface area contributed by atoms with E-state index in [9.17, 15) is 9.59 Å². The molecule has 126 valence electrons. The molecule has 2 heterocycles. The fourth-order valence-corrected chi connectivity index (χ4v) is 2.96. The number of esters is 1. The molecule has 1 atom stereocenters. The van der Waals surface area contributed by atoms with Gasteiger partial charge < -0.3 is 9.64 Å². The number of likely N-dealkylation sites (tertiary alicyclic amines) is 1. The van der Waals surface area contributed by atoms with Gasteiger partial charge in [0.15, 0.2) is 0 Å². The number of ether oxygens (including phenoxy) is 1. The highest BCUT2D eigenvalue weighted by atomic mass is 35.5. The molecule has 0 saturated carbocycles. The maximum Gasteiger partial charge on any atom is 0.310 e. The Labute approximate surface area is 141 Å². The Bertz CT molecular complexity index is 624. The van der Waals surface area contributed by atoms with E-state index in [-0.39, 0.29) is 17.8 Å². The molecule has 1 aliphatic rings. The second-order valence-electron chi connectivity index (χ2n) is 5.62. The van der Waals surface area contributed by atoms with Gasteiger partial charge in [0.1, 0.15) is 5.15 Å². The number of halogens is 1. The van der Waals surface area contributed by atoms with Crippen LogP contribution in [-0.4, -0.2) is 46.3 Å². The van der Waals surface area contributed by atoms with Crippen LogP contribution in [0.25, 0.3) is 6.08 Å². The molecule has 0 bridgehead atoms. The molecular weight excluding hydrogens is 318 g/mol. The largest absolute Gasteiger partial charge is 0.466 e. The Hall–Kier alpha value is -1.82. The molecular formula is C16H22ClN3O3. The topological polar surface area (TPSA) is 64.4 Å². The first kappa shape index (κ1) is 17.5. The van der Waals surface area contributed by atoms with Crippen molar-refractivity contribution in [2.45, 2.75) is 26.7 Å². The van der Waals surface area contributed by atoms with E-state index < -0.39 is 0 Å². The molecule has 1 fully saturated rings. The van der Waals surface area contributed by atoms with E-state index in [4.69, 9.17) is 16.3 Å². The highest BCUT2D eigenvalue weighted by Crippen LogP contribution is 2.21. The summed E-state index contributed by atoms with van der Waals surface area (Å²) in [7, 11) is 1.75. The minimum atomic E-state index is -0.232. The third-order valence-corrected chi connectivity index (χ3v) is 4.39. The second-order valence-corrected chi connectivity index (χ2v) is 5.98. The SMILES string of the molecule is CCOC(=O)[C@@H]1CCCN(C(=O)/C=C/c2c(C)nn(C)c2Cl)C1. The number of rotatable bonds is 4. The first-order valence-corrected chi connectivity index (χ1v) is 8.14. The summed E-state index contributed by atoms with van der Waals surface area (Å²) < 4.78 is 6.62. The van der Waals surface area contributed by atoms with Crippen molar-refractivity contribution < 1.29 is 14.3 Å². The standard InChI is InChI=1S/C16H22ClN3O3/c1-4-23-16(22)12-6-5-9-20(10-12)14(21)8-7-13-11(2)18-19(3)15(13)17/h7-8,12H,4-6,9-10H2,1-3H3/b8-7+/t12-/m1/s1. The predicted molar refractivity (Wildman–Crippen MR) is 87.9 cm³/mol. The molecule has 1 amide bonds. The number of piperidine rings is 1. The summed E-state index contributed by atoms with van der Waals surface area (Å²) in [5, 5.41) is 4.70. The Morgan fingerprint density at radius 2 is 2.22 bits per heavy atom. The number of amides is 1. The minimum absolute atomic E-state index is 0.127. The van der Waals surface area contributed by atoms with Crippen molar-refractivity contribution in [2.24, 2.45) is 13.0 Å². The zero-order chi connectivity index (χ0) is 17.0. The number of aryl methyl sites for hydroxylation is 2. The number of carbonyl (C=O) groups is 2. The molecule has 1 aromatic heterocycles. The lowest BCUT2D eigenvalue weighted by molar-refractivity contribution is -0.150.